The molecule has 0 unspecified atom stereocenters. The van der Waals surface area contributed by atoms with Gasteiger partial charge in [0.25, 0.3) is 0 Å². The van der Waals surface area contributed by atoms with Gasteiger partial charge in [0.1, 0.15) is 5.97 Å². The number of hydrogen-bond acceptors (Lipinski definition) is 3. The van der Waals surface area contributed by atoms with E-state index < -0.39 is 18.2 Å². The van der Waals surface area contributed by atoms with Crippen LogP contribution in [0.15, 0.2) is 0 Å². The number of aliphatic carboxylic acids is 1. The lowest BCUT2D eigenvalue weighted by molar-refractivity contribution is -0.376. The Labute approximate surface area is 98.1 Å². The van der Waals surface area contributed by atoms with E-state index in [0.717, 1.165) is 25.7 Å². The van der Waals surface area contributed by atoms with Crippen LogP contribution in [-0.4, -0.2) is 18.2 Å². The average Bonchev–Trinajstić information content (AvgIpc) is 2.22. The molecule has 4 aliphatic rings. The zero-order chi connectivity index (χ0) is 12.2. The summed E-state index contributed by atoms with van der Waals surface area (Å²) >= 11 is 0. The third-order valence-electron chi connectivity index (χ3n) is 4.66. The summed E-state index contributed by atoms with van der Waals surface area (Å²) in [5.41, 5.74) is 0. The standard InChI is InChI=1S/C12H16F2O3/c13-12(14,11(15)16)17-10-8-2-6-1-7(4-8)5-9(10)3-6/h6-10H,1-5H2,(H,15,16)/p-1. The molecule has 0 aromatic rings. The number of halogens is 2. The van der Waals surface area contributed by atoms with E-state index in [9.17, 15) is 18.7 Å². The van der Waals surface area contributed by atoms with E-state index in [1.807, 2.05) is 0 Å². The fourth-order valence-electron chi connectivity index (χ4n) is 4.29. The van der Waals surface area contributed by atoms with Crippen molar-refractivity contribution in [3.63, 3.8) is 0 Å². The van der Waals surface area contributed by atoms with Crippen molar-refractivity contribution >= 4 is 5.97 Å². The van der Waals surface area contributed by atoms with E-state index in [1.165, 1.54) is 6.42 Å². The Hall–Kier alpha value is -0.710. The summed E-state index contributed by atoms with van der Waals surface area (Å²) in [4.78, 5) is 10.3. The highest BCUT2D eigenvalue weighted by Gasteiger charge is 2.52. The Bertz CT molecular complexity index is 315. The van der Waals surface area contributed by atoms with Crippen molar-refractivity contribution in [3.8, 4) is 0 Å². The van der Waals surface area contributed by atoms with E-state index in [-0.39, 0.29) is 11.8 Å². The van der Waals surface area contributed by atoms with Gasteiger partial charge in [0.05, 0.1) is 6.10 Å². The molecule has 4 aliphatic carbocycles. The van der Waals surface area contributed by atoms with Crippen molar-refractivity contribution < 1.29 is 23.4 Å². The van der Waals surface area contributed by atoms with Gasteiger partial charge in [-0.2, -0.15) is 8.78 Å². The third-order valence-corrected chi connectivity index (χ3v) is 4.66. The minimum absolute atomic E-state index is 0.122. The highest BCUT2D eigenvalue weighted by molar-refractivity contribution is 5.71. The highest BCUT2D eigenvalue weighted by Crippen LogP contribution is 2.55. The lowest BCUT2D eigenvalue weighted by Crippen LogP contribution is -2.54. The summed E-state index contributed by atoms with van der Waals surface area (Å²) in [5.74, 6) is -0.887. The Morgan fingerprint density at radius 1 is 1.06 bits per heavy atom. The number of carbonyl (C=O) groups excluding carboxylic acids is 1. The van der Waals surface area contributed by atoms with E-state index in [4.69, 9.17) is 0 Å². The largest absolute Gasteiger partial charge is 0.542 e. The summed E-state index contributed by atoms with van der Waals surface area (Å²) < 4.78 is 30.7. The van der Waals surface area contributed by atoms with Crippen LogP contribution in [-0.2, 0) is 9.53 Å². The van der Waals surface area contributed by atoms with Gasteiger partial charge in [-0.25, -0.2) is 0 Å². The maximum absolute atomic E-state index is 13.1. The molecule has 4 fully saturated rings. The number of alkyl halides is 2. The van der Waals surface area contributed by atoms with Crippen molar-refractivity contribution in [2.45, 2.75) is 44.3 Å². The average molecular weight is 245 g/mol. The molecule has 0 saturated heterocycles. The number of ether oxygens (including phenoxy) is 1. The Morgan fingerprint density at radius 3 is 1.94 bits per heavy atom. The first-order valence-electron chi connectivity index (χ1n) is 6.23. The predicted molar refractivity (Wildman–Crippen MR) is 51.9 cm³/mol. The fourth-order valence-corrected chi connectivity index (χ4v) is 4.29. The van der Waals surface area contributed by atoms with Crippen molar-refractivity contribution in [3.05, 3.63) is 0 Å². The molecule has 17 heavy (non-hydrogen) atoms. The maximum Gasteiger partial charge on any atom is 0.397 e. The molecule has 0 amide bonds. The smallest absolute Gasteiger partial charge is 0.397 e. The Balaban J connectivity index is 1.74. The molecule has 3 nitrogen and oxygen atoms in total. The maximum atomic E-state index is 13.1. The first kappa shape index (κ1) is 11.4. The zero-order valence-corrected chi connectivity index (χ0v) is 9.40. The SMILES string of the molecule is O=C([O-])C(F)(F)OC1C2CC3CC(C2)CC1C3. The molecule has 0 aromatic carbocycles. The van der Waals surface area contributed by atoms with Crippen molar-refractivity contribution in [1.82, 2.24) is 0 Å². The van der Waals surface area contributed by atoms with Gasteiger partial charge < -0.3 is 14.6 Å². The van der Waals surface area contributed by atoms with Crippen molar-refractivity contribution in [2.75, 3.05) is 0 Å². The van der Waals surface area contributed by atoms with E-state index >= 15 is 0 Å². The molecule has 0 atom stereocenters. The molecule has 4 saturated carbocycles. The van der Waals surface area contributed by atoms with Crippen LogP contribution < -0.4 is 5.11 Å². The van der Waals surface area contributed by atoms with Gasteiger partial charge in [-0.15, -0.1) is 0 Å². The summed E-state index contributed by atoms with van der Waals surface area (Å²) in [7, 11) is 0. The summed E-state index contributed by atoms with van der Waals surface area (Å²) in [6, 6.07) is 0. The zero-order valence-electron chi connectivity index (χ0n) is 9.40. The molecule has 96 valence electrons. The molecule has 0 radical (unpaired) electrons. The van der Waals surface area contributed by atoms with E-state index in [2.05, 4.69) is 4.74 Å². The molecule has 0 aliphatic heterocycles. The van der Waals surface area contributed by atoms with Crippen LogP contribution in [0.25, 0.3) is 0 Å². The van der Waals surface area contributed by atoms with Gasteiger partial charge >= 0.3 is 6.11 Å². The van der Waals surface area contributed by atoms with Gasteiger partial charge in [0, 0.05) is 0 Å². The molecule has 0 aromatic heterocycles. The Morgan fingerprint density at radius 2 is 1.53 bits per heavy atom. The molecule has 0 spiro atoms. The number of carbonyl (C=O) groups is 1. The van der Waals surface area contributed by atoms with Gasteiger partial charge in [0.15, 0.2) is 0 Å². The quantitative estimate of drug-likeness (QED) is 0.750. The van der Waals surface area contributed by atoms with Crippen LogP contribution in [0.1, 0.15) is 32.1 Å². The second-order valence-electron chi connectivity index (χ2n) is 5.82. The Kier molecular flexibility index (Phi) is 2.44. The molecule has 4 bridgehead atoms. The van der Waals surface area contributed by atoms with Gasteiger partial charge in [-0.3, -0.25) is 0 Å². The van der Waals surface area contributed by atoms with Crippen LogP contribution in [0, 0.1) is 23.7 Å². The van der Waals surface area contributed by atoms with E-state index in [1.54, 1.807) is 0 Å². The van der Waals surface area contributed by atoms with Gasteiger partial charge in [-0.1, -0.05) is 0 Å². The summed E-state index contributed by atoms with van der Waals surface area (Å²) in [5, 5.41) is 10.3. The molecular formula is C12H15F2O3-. The number of carboxylic acids is 1. The lowest BCUT2D eigenvalue weighted by Gasteiger charge is -2.54. The lowest BCUT2D eigenvalue weighted by atomic mass is 9.55. The summed E-state index contributed by atoms with van der Waals surface area (Å²) in [6.45, 7) is 0. The van der Waals surface area contributed by atoms with Crippen LogP contribution in [0.3, 0.4) is 0 Å². The number of carboxylic acid groups (broad SMARTS) is 1. The minimum atomic E-state index is -4.14. The molecule has 0 N–H and O–H groups in total. The van der Waals surface area contributed by atoms with Gasteiger partial charge in [-0.05, 0) is 55.8 Å². The van der Waals surface area contributed by atoms with Crippen LogP contribution in [0.2, 0.25) is 0 Å². The van der Waals surface area contributed by atoms with Crippen molar-refractivity contribution in [2.24, 2.45) is 23.7 Å². The molecule has 4 rings (SSSR count). The number of hydrogen-bond donors (Lipinski definition) is 0. The van der Waals surface area contributed by atoms with Gasteiger partial charge in [0.2, 0.25) is 0 Å². The van der Waals surface area contributed by atoms with Crippen molar-refractivity contribution in [1.29, 1.82) is 0 Å². The van der Waals surface area contributed by atoms with E-state index in [0.29, 0.717) is 11.8 Å². The van der Waals surface area contributed by atoms with Crippen LogP contribution in [0.4, 0.5) is 8.78 Å². The first-order chi connectivity index (χ1) is 7.95. The normalized spacial score (nSPS) is 44.0. The van der Waals surface area contributed by atoms with Crippen LogP contribution in [0.5, 0.6) is 0 Å². The molecular weight excluding hydrogens is 230 g/mol. The second kappa shape index (κ2) is 3.64. The first-order valence-corrected chi connectivity index (χ1v) is 6.23. The highest BCUT2D eigenvalue weighted by atomic mass is 19.3. The summed E-state index contributed by atoms with van der Waals surface area (Å²) in [6.07, 6.45) is 0.162. The molecule has 5 heteroatoms. The topological polar surface area (TPSA) is 49.4 Å². The molecule has 0 heterocycles. The number of rotatable bonds is 3. The fraction of sp³-hybridized carbons (Fsp3) is 0.917. The van der Waals surface area contributed by atoms with Crippen LogP contribution >= 0.6 is 0 Å². The second-order valence-corrected chi connectivity index (χ2v) is 5.82. The monoisotopic (exact) mass is 245 g/mol. The third kappa shape index (κ3) is 1.84. The minimum Gasteiger partial charge on any atom is -0.542 e. The predicted octanol–water partition coefficient (Wildman–Crippen LogP) is 1.17.